The van der Waals surface area contributed by atoms with Crippen LogP contribution in [-0.2, 0) is 4.79 Å². The van der Waals surface area contributed by atoms with Crippen molar-refractivity contribution in [2.45, 2.75) is 6.10 Å². The van der Waals surface area contributed by atoms with Crippen LogP contribution in [0.4, 0.5) is 0 Å². The van der Waals surface area contributed by atoms with E-state index >= 15 is 0 Å². The van der Waals surface area contributed by atoms with E-state index in [1.165, 1.54) is 13.3 Å². The summed E-state index contributed by atoms with van der Waals surface area (Å²) < 4.78 is 21.3. The molecule has 9 heteroatoms. The first-order valence-electron chi connectivity index (χ1n) is 9.91. The molecule has 1 amide bonds. The number of nitrogens with one attached hydrogen (secondary N) is 1. The first kappa shape index (κ1) is 21.8. The number of methoxy groups -OCH3 is 1. The third kappa shape index (κ3) is 5.10. The number of aliphatic hydroxyl groups is 1. The second kappa shape index (κ2) is 9.84. The number of rotatable bonds is 7. The largest absolute Gasteiger partial charge is 0.493 e. The molecule has 0 fully saturated rings. The predicted octanol–water partition coefficient (Wildman–Crippen LogP) is 2.83. The van der Waals surface area contributed by atoms with Crippen LogP contribution in [0.5, 0.6) is 23.0 Å². The van der Waals surface area contributed by atoms with Crippen molar-refractivity contribution < 1.29 is 33.6 Å². The quantitative estimate of drug-likeness (QED) is 0.247. The van der Waals surface area contributed by atoms with Crippen LogP contribution in [0.2, 0.25) is 0 Å². The van der Waals surface area contributed by atoms with Crippen LogP contribution in [-0.4, -0.2) is 37.1 Å². The van der Waals surface area contributed by atoms with E-state index < -0.39 is 18.0 Å². The van der Waals surface area contributed by atoms with Crippen molar-refractivity contribution in [3.05, 3.63) is 83.4 Å². The van der Waals surface area contributed by atoms with E-state index in [0.29, 0.717) is 33.9 Å². The lowest BCUT2D eigenvalue weighted by Gasteiger charge is -2.10. The summed E-state index contributed by atoms with van der Waals surface area (Å²) in [7, 11) is 1.44. The monoisotopic (exact) mass is 448 g/mol. The van der Waals surface area contributed by atoms with Crippen molar-refractivity contribution >= 4 is 18.1 Å². The van der Waals surface area contributed by atoms with Crippen LogP contribution in [0, 0.1) is 0 Å². The number of esters is 1. The van der Waals surface area contributed by atoms with Gasteiger partial charge in [-0.15, -0.1) is 0 Å². The third-order valence-corrected chi connectivity index (χ3v) is 4.75. The Balaban J connectivity index is 1.40. The molecule has 0 saturated heterocycles. The van der Waals surface area contributed by atoms with Crippen molar-refractivity contribution in [3.63, 3.8) is 0 Å². The lowest BCUT2D eigenvalue weighted by molar-refractivity contribution is -0.129. The summed E-state index contributed by atoms with van der Waals surface area (Å²) in [4.78, 5) is 24.6. The zero-order chi connectivity index (χ0) is 23.2. The van der Waals surface area contributed by atoms with E-state index in [1.807, 2.05) is 0 Å². The predicted molar refractivity (Wildman–Crippen MR) is 118 cm³/mol. The molecule has 1 heterocycles. The zero-order valence-electron chi connectivity index (χ0n) is 17.6. The van der Waals surface area contributed by atoms with Gasteiger partial charge >= 0.3 is 5.97 Å². The van der Waals surface area contributed by atoms with Gasteiger partial charge in [-0.05, 0) is 47.5 Å². The highest BCUT2D eigenvalue weighted by atomic mass is 16.7. The Kier molecular flexibility index (Phi) is 6.51. The molecule has 0 saturated carbocycles. The molecular weight excluding hydrogens is 428 g/mol. The van der Waals surface area contributed by atoms with Crippen molar-refractivity contribution in [1.82, 2.24) is 5.43 Å². The normalized spacial score (nSPS) is 12.9. The Bertz CT molecular complexity index is 1190. The number of nitrogens with zero attached hydrogens (tertiary/aromatic N) is 1. The number of amides is 1. The Morgan fingerprint density at radius 3 is 2.61 bits per heavy atom. The van der Waals surface area contributed by atoms with E-state index in [0.717, 1.165) is 0 Å². The minimum atomic E-state index is -1.34. The zero-order valence-corrected chi connectivity index (χ0v) is 17.6. The van der Waals surface area contributed by atoms with E-state index in [1.54, 1.807) is 66.7 Å². The number of hydrazone groups is 1. The van der Waals surface area contributed by atoms with Crippen molar-refractivity contribution in [2.24, 2.45) is 5.10 Å². The molecule has 168 valence electrons. The van der Waals surface area contributed by atoms with Crippen LogP contribution < -0.4 is 24.4 Å². The Hall–Kier alpha value is -4.37. The van der Waals surface area contributed by atoms with Crippen molar-refractivity contribution in [2.75, 3.05) is 13.9 Å². The maximum atomic E-state index is 12.5. The molecule has 3 aromatic carbocycles. The van der Waals surface area contributed by atoms with Gasteiger partial charge < -0.3 is 24.1 Å². The number of aliphatic hydroxyl groups excluding tert-OH is 1. The molecule has 33 heavy (non-hydrogen) atoms. The molecule has 0 unspecified atom stereocenters. The van der Waals surface area contributed by atoms with Gasteiger partial charge in [-0.25, -0.2) is 10.2 Å². The molecule has 1 aliphatic heterocycles. The van der Waals surface area contributed by atoms with Crippen LogP contribution in [0.3, 0.4) is 0 Å². The van der Waals surface area contributed by atoms with E-state index in [2.05, 4.69) is 10.5 Å². The smallest absolute Gasteiger partial charge is 0.343 e. The summed E-state index contributed by atoms with van der Waals surface area (Å²) in [6.07, 6.45) is 0.0394. The Labute approximate surface area is 189 Å². The highest BCUT2D eigenvalue weighted by Gasteiger charge is 2.19. The summed E-state index contributed by atoms with van der Waals surface area (Å²) in [5, 5.41) is 13.9. The maximum absolute atomic E-state index is 12.5. The molecule has 3 aromatic rings. The number of fused-ring (bicyclic) bond motifs is 1. The first-order valence-corrected chi connectivity index (χ1v) is 9.91. The Morgan fingerprint density at radius 2 is 1.82 bits per heavy atom. The number of benzene rings is 3. The molecule has 0 radical (unpaired) electrons. The van der Waals surface area contributed by atoms with Gasteiger partial charge in [-0.3, -0.25) is 4.79 Å². The van der Waals surface area contributed by atoms with Gasteiger partial charge in [0.2, 0.25) is 6.79 Å². The third-order valence-electron chi connectivity index (χ3n) is 4.75. The molecule has 1 atom stereocenters. The number of hydrogen-bond acceptors (Lipinski definition) is 8. The second-order valence-corrected chi connectivity index (χ2v) is 6.92. The SMILES string of the molecule is COc1cc(/C=N\NC(=O)[C@H](O)c2ccccc2)ccc1OC(=O)c1ccc2c(c1)OCO2. The average Bonchev–Trinajstić information content (AvgIpc) is 3.32. The van der Waals surface area contributed by atoms with Crippen LogP contribution in [0.15, 0.2) is 71.8 Å². The lowest BCUT2D eigenvalue weighted by atomic mass is 10.1. The molecule has 0 aromatic heterocycles. The topological polar surface area (TPSA) is 116 Å². The summed E-state index contributed by atoms with van der Waals surface area (Å²) >= 11 is 0. The van der Waals surface area contributed by atoms with Gasteiger partial charge in [0.15, 0.2) is 29.1 Å². The summed E-state index contributed by atoms with van der Waals surface area (Å²) in [5.41, 5.74) is 3.62. The standard InChI is InChI=1S/C24H20N2O7/c1-30-20-11-15(13-25-26-23(28)22(27)16-5-3-2-4-6-16)7-9-19(20)33-24(29)17-8-10-18-21(12-17)32-14-31-18/h2-13,22,27H,14H2,1H3,(H,26,28)/b25-13-/t22-/m1/s1. The molecule has 4 rings (SSSR count). The van der Waals surface area contributed by atoms with Gasteiger partial charge in [-0.1, -0.05) is 30.3 Å². The fraction of sp³-hybridized carbons (Fsp3) is 0.125. The van der Waals surface area contributed by atoms with Crippen molar-refractivity contribution in [1.29, 1.82) is 0 Å². The highest BCUT2D eigenvalue weighted by molar-refractivity contribution is 5.92. The minimum absolute atomic E-state index is 0.107. The first-order chi connectivity index (χ1) is 16.0. The van der Waals surface area contributed by atoms with Gasteiger partial charge in [0.25, 0.3) is 5.91 Å². The molecule has 0 aliphatic carbocycles. The number of carbonyl (C=O) groups is 2. The van der Waals surface area contributed by atoms with Gasteiger partial charge in [0.05, 0.1) is 18.9 Å². The van der Waals surface area contributed by atoms with Crippen LogP contribution in [0.1, 0.15) is 27.6 Å². The van der Waals surface area contributed by atoms with Gasteiger partial charge in [-0.2, -0.15) is 5.10 Å². The summed E-state index contributed by atoms with van der Waals surface area (Å²) in [6, 6.07) is 18.1. The van der Waals surface area contributed by atoms with E-state index in [-0.39, 0.29) is 12.5 Å². The highest BCUT2D eigenvalue weighted by Crippen LogP contribution is 2.33. The van der Waals surface area contributed by atoms with E-state index in [9.17, 15) is 14.7 Å². The van der Waals surface area contributed by atoms with Gasteiger partial charge in [0.1, 0.15) is 0 Å². The van der Waals surface area contributed by atoms with Crippen LogP contribution >= 0.6 is 0 Å². The number of carbonyl (C=O) groups excluding carboxylic acids is 2. The number of hydrogen-bond donors (Lipinski definition) is 2. The fourth-order valence-electron chi connectivity index (χ4n) is 3.05. The van der Waals surface area contributed by atoms with E-state index in [4.69, 9.17) is 18.9 Å². The molecule has 0 spiro atoms. The average molecular weight is 448 g/mol. The molecule has 1 aliphatic rings. The minimum Gasteiger partial charge on any atom is -0.493 e. The molecule has 2 N–H and O–H groups in total. The maximum Gasteiger partial charge on any atom is 0.343 e. The van der Waals surface area contributed by atoms with Crippen LogP contribution in [0.25, 0.3) is 0 Å². The summed E-state index contributed by atoms with van der Waals surface area (Å²) in [6.45, 7) is 0.107. The lowest BCUT2D eigenvalue weighted by Crippen LogP contribution is -2.25. The molecular formula is C24H20N2O7. The van der Waals surface area contributed by atoms with Gasteiger partial charge in [0, 0.05) is 0 Å². The second-order valence-electron chi connectivity index (χ2n) is 6.92. The summed E-state index contributed by atoms with van der Waals surface area (Å²) in [5.74, 6) is 0.289. The number of ether oxygens (including phenoxy) is 4. The Morgan fingerprint density at radius 1 is 1.03 bits per heavy atom. The van der Waals surface area contributed by atoms with Crippen molar-refractivity contribution in [3.8, 4) is 23.0 Å². The molecule has 0 bridgehead atoms. The molecule has 9 nitrogen and oxygen atoms in total. The fourth-order valence-corrected chi connectivity index (χ4v) is 3.05.